The first kappa shape index (κ1) is 54.3. The van der Waals surface area contributed by atoms with Gasteiger partial charge >= 0.3 is 19.8 Å². The predicted octanol–water partition coefficient (Wildman–Crippen LogP) is 7.94. The van der Waals surface area contributed by atoms with E-state index in [-0.39, 0.29) is 12.8 Å². The summed E-state index contributed by atoms with van der Waals surface area (Å²) in [5.74, 6) is -1.17. The molecule has 14 heteroatoms. The maximum absolute atomic E-state index is 12.8. The molecule has 0 amide bonds. The van der Waals surface area contributed by atoms with E-state index in [0.717, 1.165) is 83.5 Å². The zero-order valence-electron chi connectivity index (χ0n) is 35.5. The van der Waals surface area contributed by atoms with Gasteiger partial charge in [0.2, 0.25) is 0 Å². The molecule has 0 radical (unpaired) electrons. The molecule has 0 aromatic heterocycles. The maximum atomic E-state index is 12.8. The van der Waals surface area contributed by atoms with Crippen LogP contribution in [-0.4, -0.2) is 98.3 Å². The lowest BCUT2D eigenvalue weighted by atomic mass is 9.85. The van der Waals surface area contributed by atoms with Crippen molar-refractivity contribution in [2.75, 3.05) is 13.2 Å². The standard InChI is InChI=1S/C45H75O13P/c1-3-5-7-9-11-13-15-17-19-21-23-25-27-29-31-33-38(46)55-35-37(36-56-59(53,54)58-45-43(51)41(49)40(48)42(50)44(45)52)57-39(47)34-32-30-28-26-24-22-20-18-16-14-12-10-8-6-4-2/h5,7,11-14,17-20,24,26,37,40-45,48-52H,3-4,6,8-10,15-16,21-23,25,27-36H2,1-2H3,(H,53,54)/b7-5+,13-11+,14-12+,19-17+,20-18+,26-24+/t37-,40?,41-,42?,43?,44?,45?/m1/s1. The number of hydrogen-bond donors (Lipinski definition) is 6. The Balaban J connectivity index is 2.54. The van der Waals surface area contributed by atoms with Crippen molar-refractivity contribution in [3.05, 3.63) is 72.9 Å². The van der Waals surface area contributed by atoms with Crippen molar-refractivity contribution >= 4 is 19.8 Å². The molecule has 1 rings (SSSR count). The zero-order chi connectivity index (χ0) is 43.6. The average molecular weight is 855 g/mol. The van der Waals surface area contributed by atoms with Crippen LogP contribution in [0.25, 0.3) is 0 Å². The lowest BCUT2D eigenvalue weighted by Crippen LogP contribution is -2.64. The number of carbonyl (C=O) groups is 2. The number of allylic oxidation sites excluding steroid dienone is 12. The Morgan fingerprint density at radius 2 is 0.966 bits per heavy atom. The van der Waals surface area contributed by atoms with E-state index in [1.807, 2.05) is 0 Å². The molecule has 59 heavy (non-hydrogen) atoms. The van der Waals surface area contributed by atoms with E-state index >= 15 is 0 Å². The summed E-state index contributed by atoms with van der Waals surface area (Å²) in [4.78, 5) is 35.6. The second-order valence-corrected chi connectivity index (χ2v) is 16.2. The van der Waals surface area contributed by atoms with Crippen molar-refractivity contribution < 1.29 is 63.1 Å². The fraction of sp³-hybridized carbons (Fsp3) is 0.689. The fourth-order valence-electron chi connectivity index (χ4n) is 6.01. The molecule has 0 spiro atoms. The van der Waals surface area contributed by atoms with Gasteiger partial charge in [0.1, 0.15) is 43.2 Å². The largest absolute Gasteiger partial charge is 0.472 e. The predicted molar refractivity (Wildman–Crippen MR) is 230 cm³/mol. The molecular formula is C45H75O13P. The van der Waals surface area contributed by atoms with Crippen LogP contribution in [0.15, 0.2) is 72.9 Å². The number of carbonyl (C=O) groups excluding carboxylic acids is 2. The van der Waals surface area contributed by atoms with E-state index in [9.17, 15) is 44.6 Å². The molecule has 338 valence electrons. The van der Waals surface area contributed by atoms with Gasteiger partial charge in [-0.25, -0.2) is 4.57 Å². The molecule has 1 saturated carbocycles. The van der Waals surface area contributed by atoms with Crippen molar-refractivity contribution in [3.8, 4) is 0 Å². The molecule has 6 unspecified atom stereocenters. The molecule has 0 saturated heterocycles. The first-order chi connectivity index (χ1) is 28.4. The van der Waals surface area contributed by atoms with Crippen molar-refractivity contribution in [3.63, 3.8) is 0 Å². The Hall–Kier alpha value is -2.71. The number of ether oxygens (including phenoxy) is 2. The lowest BCUT2D eigenvalue weighted by molar-refractivity contribution is -0.220. The van der Waals surface area contributed by atoms with E-state index < -0.39 is 75.7 Å². The first-order valence-corrected chi connectivity index (χ1v) is 23.2. The van der Waals surface area contributed by atoms with Gasteiger partial charge < -0.3 is 39.9 Å². The molecule has 0 bridgehead atoms. The molecular weight excluding hydrogens is 779 g/mol. The van der Waals surface area contributed by atoms with Crippen molar-refractivity contribution in [1.82, 2.24) is 0 Å². The van der Waals surface area contributed by atoms with Gasteiger partial charge in [-0.3, -0.25) is 18.6 Å². The summed E-state index contributed by atoms with van der Waals surface area (Å²) in [7, 11) is -5.13. The average Bonchev–Trinajstić information content (AvgIpc) is 3.21. The summed E-state index contributed by atoms with van der Waals surface area (Å²) in [5, 5.41) is 50.1. The van der Waals surface area contributed by atoms with Crippen molar-refractivity contribution in [2.24, 2.45) is 0 Å². The van der Waals surface area contributed by atoms with Crippen LogP contribution in [0.2, 0.25) is 0 Å². The van der Waals surface area contributed by atoms with Crippen LogP contribution in [0.3, 0.4) is 0 Å². The van der Waals surface area contributed by atoms with Crippen LogP contribution in [-0.2, 0) is 32.7 Å². The van der Waals surface area contributed by atoms with Gasteiger partial charge in [-0.2, -0.15) is 0 Å². The van der Waals surface area contributed by atoms with Gasteiger partial charge in [0, 0.05) is 12.8 Å². The third kappa shape index (κ3) is 27.7. The van der Waals surface area contributed by atoms with E-state index in [1.54, 1.807) is 0 Å². The molecule has 0 aromatic carbocycles. The molecule has 0 aromatic rings. The first-order valence-electron chi connectivity index (χ1n) is 21.7. The van der Waals surface area contributed by atoms with Crippen LogP contribution in [0.1, 0.15) is 142 Å². The van der Waals surface area contributed by atoms with Crippen molar-refractivity contribution in [2.45, 2.75) is 185 Å². The molecule has 8 atom stereocenters. The zero-order valence-corrected chi connectivity index (χ0v) is 36.4. The topological polar surface area (TPSA) is 210 Å². The highest BCUT2D eigenvalue weighted by Gasteiger charge is 2.51. The van der Waals surface area contributed by atoms with E-state index in [4.69, 9.17) is 18.5 Å². The van der Waals surface area contributed by atoms with E-state index in [2.05, 4.69) is 86.8 Å². The Kier molecular flexibility index (Phi) is 32.2. The molecule has 1 aliphatic carbocycles. The van der Waals surface area contributed by atoms with E-state index in [1.165, 1.54) is 19.3 Å². The lowest BCUT2D eigenvalue weighted by Gasteiger charge is -2.41. The summed E-state index contributed by atoms with van der Waals surface area (Å²) in [6.07, 6.45) is 29.6. The molecule has 1 fully saturated rings. The highest BCUT2D eigenvalue weighted by molar-refractivity contribution is 7.47. The highest BCUT2D eigenvalue weighted by atomic mass is 31.2. The molecule has 13 nitrogen and oxygen atoms in total. The monoisotopic (exact) mass is 854 g/mol. The maximum Gasteiger partial charge on any atom is 0.472 e. The van der Waals surface area contributed by atoms with Gasteiger partial charge in [0.15, 0.2) is 6.10 Å². The van der Waals surface area contributed by atoms with Crippen LogP contribution in [0.4, 0.5) is 0 Å². The highest BCUT2D eigenvalue weighted by Crippen LogP contribution is 2.47. The van der Waals surface area contributed by atoms with Gasteiger partial charge in [0.05, 0.1) is 6.61 Å². The third-order valence-corrected chi connectivity index (χ3v) is 10.5. The quantitative estimate of drug-likeness (QED) is 0.0157. The fourth-order valence-corrected chi connectivity index (χ4v) is 6.98. The van der Waals surface area contributed by atoms with Crippen molar-refractivity contribution in [1.29, 1.82) is 0 Å². The second-order valence-electron chi connectivity index (χ2n) is 14.8. The number of hydrogen-bond acceptors (Lipinski definition) is 12. The van der Waals surface area contributed by atoms with Crippen LogP contribution in [0, 0.1) is 0 Å². The summed E-state index contributed by atoms with van der Waals surface area (Å²) in [6, 6.07) is 0. The summed E-state index contributed by atoms with van der Waals surface area (Å²) in [5.41, 5.74) is 0. The second kappa shape index (κ2) is 34.9. The smallest absolute Gasteiger partial charge is 0.462 e. The van der Waals surface area contributed by atoms with Gasteiger partial charge in [-0.1, -0.05) is 119 Å². The summed E-state index contributed by atoms with van der Waals surface area (Å²) >= 11 is 0. The van der Waals surface area contributed by atoms with Crippen LogP contribution in [0.5, 0.6) is 0 Å². The molecule has 0 aliphatic heterocycles. The molecule has 6 N–H and O–H groups in total. The van der Waals surface area contributed by atoms with Crippen LogP contribution < -0.4 is 0 Å². The number of unbranched alkanes of at least 4 members (excludes halogenated alkanes) is 10. The number of aliphatic hydroxyl groups is 5. The number of esters is 2. The normalized spacial score (nSPS) is 23.1. The SMILES string of the molecule is CC/C=C/C/C=C/C/C=C/CCCCCCCC(=O)OC[C@H](COP(=O)(O)OC1C(O)C(O)C(O)[C@@H](O)C1O)OC(=O)CCCC/C=C/C/C=C/C/C=C/CCCCC. The van der Waals surface area contributed by atoms with Gasteiger partial charge in [-0.15, -0.1) is 0 Å². The Labute approximate surface area is 353 Å². The number of rotatable bonds is 34. The minimum absolute atomic E-state index is 0.0401. The van der Waals surface area contributed by atoms with Crippen LogP contribution >= 0.6 is 7.82 Å². The van der Waals surface area contributed by atoms with E-state index in [0.29, 0.717) is 12.8 Å². The Morgan fingerprint density at radius 1 is 0.542 bits per heavy atom. The number of phosphoric acid groups is 1. The molecule has 0 heterocycles. The Morgan fingerprint density at radius 3 is 1.51 bits per heavy atom. The molecule has 1 aliphatic rings. The minimum Gasteiger partial charge on any atom is -0.462 e. The minimum atomic E-state index is -5.13. The third-order valence-electron chi connectivity index (χ3n) is 9.53. The summed E-state index contributed by atoms with van der Waals surface area (Å²) < 4.78 is 33.4. The van der Waals surface area contributed by atoms with Gasteiger partial charge in [-0.05, 0) is 83.5 Å². The number of phosphoric ester groups is 1. The summed E-state index contributed by atoms with van der Waals surface area (Å²) in [6.45, 7) is 3.09. The van der Waals surface area contributed by atoms with Gasteiger partial charge in [0.25, 0.3) is 0 Å². The Bertz CT molecular complexity index is 1310. The number of aliphatic hydroxyl groups excluding tert-OH is 5.